The fraction of sp³-hybridized carbons (Fsp3) is 0.167. The summed E-state index contributed by atoms with van der Waals surface area (Å²) in [5.41, 5.74) is 3.08. The molecule has 2 rings (SSSR count). The molecule has 0 fully saturated rings. The van der Waals surface area contributed by atoms with Crippen molar-refractivity contribution in [1.82, 2.24) is 0 Å². The number of allylic oxidation sites excluding steroid dienone is 1. The third-order valence-electron chi connectivity index (χ3n) is 3.29. The molecule has 0 bridgehead atoms. The molecule has 3 nitrogen and oxygen atoms in total. The summed E-state index contributed by atoms with van der Waals surface area (Å²) in [5, 5.41) is 8.12. The van der Waals surface area contributed by atoms with E-state index in [1.807, 2.05) is 55.5 Å². The van der Waals surface area contributed by atoms with Gasteiger partial charge >= 0.3 is 0 Å². The number of ether oxygens (including phenoxy) is 2. The average Bonchev–Trinajstić information content (AvgIpc) is 2.53. The Bertz CT molecular complexity index is 662. The zero-order valence-corrected chi connectivity index (χ0v) is 12.3. The lowest BCUT2D eigenvalue weighted by Crippen LogP contribution is -2.09. The maximum Gasteiger partial charge on any atom is 0.137 e. The van der Waals surface area contributed by atoms with Crippen LogP contribution in [0.5, 0.6) is 5.75 Å². The summed E-state index contributed by atoms with van der Waals surface area (Å²) in [5.74, 6) is 1.20. The third kappa shape index (κ3) is 3.51. The molecule has 0 aromatic heterocycles. The number of aryl methyl sites for hydroxylation is 1. The SMILES string of the molecule is C=C(OC)C(=N)c1ccccc1COc1ccccc1C. The Kier molecular flexibility index (Phi) is 4.77. The number of benzene rings is 2. The average molecular weight is 281 g/mol. The van der Waals surface area contributed by atoms with Crippen molar-refractivity contribution < 1.29 is 9.47 Å². The second kappa shape index (κ2) is 6.75. The standard InChI is InChI=1S/C18H19NO2/c1-13-8-4-7-11-17(13)21-12-15-9-5-6-10-16(15)18(19)14(2)20-3/h4-11,19H,2,12H2,1,3H3. The van der Waals surface area contributed by atoms with Gasteiger partial charge in [-0.05, 0) is 24.1 Å². The van der Waals surface area contributed by atoms with E-state index >= 15 is 0 Å². The van der Waals surface area contributed by atoms with Crippen molar-refractivity contribution in [3.63, 3.8) is 0 Å². The van der Waals surface area contributed by atoms with Crippen LogP contribution in [0.3, 0.4) is 0 Å². The van der Waals surface area contributed by atoms with Gasteiger partial charge in [-0.2, -0.15) is 0 Å². The van der Waals surface area contributed by atoms with Crippen LogP contribution in [0.15, 0.2) is 60.9 Å². The highest BCUT2D eigenvalue weighted by Gasteiger charge is 2.11. The van der Waals surface area contributed by atoms with Gasteiger partial charge in [0, 0.05) is 5.56 Å². The minimum Gasteiger partial charge on any atom is -0.495 e. The van der Waals surface area contributed by atoms with E-state index in [9.17, 15) is 0 Å². The Hall–Kier alpha value is -2.55. The molecule has 21 heavy (non-hydrogen) atoms. The van der Waals surface area contributed by atoms with E-state index in [0.717, 1.165) is 22.4 Å². The van der Waals surface area contributed by atoms with Crippen molar-refractivity contribution in [1.29, 1.82) is 5.41 Å². The highest BCUT2D eigenvalue weighted by atomic mass is 16.5. The Labute approximate surface area is 125 Å². The molecule has 0 spiro atoms. The van der Waals surface area contributed by atoms with Gasteiger partial charge in [0.15, 0.2) is 0 Å². The molecule has 0 aliphatic heterocycles. The van der Waals surface area contributed by atoms with E-state index in [4.69, 9.17) is 14.9 Å². The number of methoxy groups -OCH3 is 1. The quantitative estimate of drug-likeness (QED) is 0.639. The maximum atomic E-state index is 8.12. The first-order valence-corrected chi connectivity index (χ1v) is 6.72. The number of hydrogen-bond donors (Lipinski definition) is 1. The van der Waals surface area contributed by atoms with Crippen LogP contribution < -0.4 is 4.74 Å². The smallest absolute Gasteiger partial charge is 0.137 e. The minimum absolute atomic E-state index is 0.279. The summed E-state index contributed by atoms with van der Waals surface area (Å²) in [7, 11) is 1.52. The van der Waals surface area contributed by atoms with E-state index in [2.05, 4.69) is 6.58 Å². The first kappa shape index (κ1) is 14.9. The van der Waals surface area contributed by atoms with Gasteiger partial charge < -0.3 is 9.47 Å². The molecule has 0 amide bonds. The van der Waals surface area contributed by atoms with Gasteiger partial charge in [-0.3, -0.25) is 5.41 Å². The van der Waals surface area contributed by atoms with Crippen LogP contribution in [-0.2, 0) is 11.3 Å². The molecule has 1 N–H and O–H groups in total. The number of nitrogens with one attached hydrogen (secondary N) is 1. The summed E-state index contributed by atoms with van der Waals surface area (Å²) < 4.78 is 10.9. The van der Waals surface area contributed by atoms with Crippen molar-refractivity contribution in [3.05, 3.63) is 77.6 Å². The summed E-state index contributed by atoms with van der Waals surface area (Å²) >= 11 is 0. The molecule has 0 aliphatic carbocycles. The van der Waals surface area contributed by atoms with E-state index in [-0.39, 0.29) is 5.71 Å². The van der Waals surface area contributed by atoms with E-state index in [1.165, 1.54) is 7.11 Å². The highest BCUT2D eigenvalue weighted by molar-refractivity contribution is 6.09. The minimum atomic E-state index is 0.279. The van der Waals surface area contributed by atoms with Gasteiger partial charge in [0.1, 0.15) is 23.8 Å². The molecule has 0 aliphatic rings. The van der Waals surface area contributed by atoms with Crippen molar-refractivity contribution >= 4 is 5.71 Å². The number of rotatable bonds is 6. The van der Waals surface area contributed by atoms with Crippen LogP contribution in [0, 0.1) is 12.3 Å². The molecular formula is C18H19NO2. The molecule has 0 atom stereocenters. The van der Waals surface area contributed by atoms with Crippen LogP contribution in [0.1, 0.15) is 16.7 Å². The lowest BCUT2D eigenvalue weighted by atomic mass is 10.0. The normalized spacial score (nSPS) is 10.0. The second-order valence-corrected chi connectivity index (χ2v) is 4.71. The van der Waals surface area contributed by atoms with Gasteiger partial charge in [-0.1, -0.05) is 49.0 Å². The molecule has 0 heterocycles. The largest absolute Gasteiger partial charge is 0.495 e. The predicted molar refractivity (Wildman–Crippen MR) is 84.9 cm³/mol. The summed E-state index contributed by atoms with van der Waals surface area (Å²) in [6.45, 7) is 6.15. The van der Waals surface area contributed by atoms with Gasteiger partial charge in [-0.15, -0.1) is 0 Å². The molecule has 2 aromatic carbocycles. The second-order valence-electron chi connectivity index (χ2n) is 4.71. The Balaban J connectivity index is 2.19. The first-order valence-electron chi connectivity index (χ1n) is 6.72. The van der Waals surface area contributed by atoms with Crippen LogP contribution in [0.4, 0.5) is 0 Å². The molecule has 0 saturated carbocycles. The lowest BCUT2D eigenvalue weighted by molar-refractivity contribution is 0.303. The van der Waals surface area contributed by atoms with Crippen molar-refractivity contribution in [2.45, 2.75) is 13.5 Å². The summed E-state index contributed by atoms with van der Waals surface area (Å²) in [6, 6.07) is 15.5. The van der Waals surface area contributed by atoms with Gasteiger partial charge in [0.2, 0.25) is 0 Å². The van der Waals surface area contributed by atoms with Gasteiger partial charge in [0.05, 0.1) is 7.11 Å². The fourth-order valence-corrected chi connectivity index (χ4v) is 2.02. The molecule has 108 valence electrons. The van der Waals surface area contributed by atoms with Crippen molar-refractivity contribution in [3.8, 4) is 5.75 Å². The zero-order valence-electron chi connectivity index (χ0n) is 12.3. The summed E-state index contributed by atoms with van der Waals surface area (Å²) in [4.78, 5) is 0. The molecule has 3 heteroatoms. The third-order valence-corrected chi connectivity index (χ3v) is 3.29. The van der Waals surface area contributed by atoms with Gasteiger partial charge in [0.25, 0.3) is 0 Å². The molecule has 2 aromatic rings. The van der Waals surface area contributed by atoms with Crippen LogP contribution in [-0.4, -0.2) is 12.8 Å². The highest BCUT2D eigenvalue weighted by Crippen LogP contribution is 2.20. The predicted octanol–water partition coefficient (Wildman–Crippen LogP) is 4.10. The van der Waals surface area contributed by atoms with Crippen molar-refractivity contribution in [2.75, 3.05) is 7.11 Å². The molecule has 0 saturated heterocycles. The topological polar surface area (TPSA) is 42.3 Å². The van der Waals surface area contributed by atoms with Crippen LogP contribution in [0.2, 0.25) is 0 Å². The monoisotopic (exact) mass is 281 g/mol. The maximum absolute atomic E-state index is 8.12. The lowest BCUT2D eigenvalue weighted by Gasteiger charge is -2.13. The number of para-hydroxylation sites is 1. The fourth-order valence-electron chi connectivity index (χ4n) is 2.02. The van der Waals surface area contributed by atoms with Crippen LogP contribution >= 0.6 is 0 Å². The number of hydrogen-bond acceptors (Lipinski definition) is 3. The Morgan fingerprint density at radius 3 is 2.48 bits per heavy atom. The summed E-state index contributed by atoms with van der Waals surface area (Å²) in [6.07, 6.45) is 0. The Morgan fingerprint density at radius 1 is 1.10 bits per heavy atom. The Morgan fingerprint density at radius 2 is 1.76 bits per heavy atom. The molecular weight excluding hydrogens is 262 g/mol. The molecule has 0 radical (unpaired) electrons. The van der Waals surface area contributed by atoms with E-state index in [1.54, 1.807) is 0 Å². The van der Waals surface area contributed by atoms with Crippen LogP contribution in [0.25, 0.3) is 0 Å². The first-order chi connectivity index (χ1) is 10.1. The van der Waals surface area contributed by atoms with E-state index in [0.29, 0.717) is 12.4 Å². The van der Waals surface area contributed by atoms with Gasteiger partial charge in [-0.25, -0.2) is 0 Å². The van der Waals surface area contributed by atoms with Crippen molar-refractivity contribution in [2.24, 2.45) is 0 Å². The molecule has 0 unspecified atom stereocenters. The zero-order chi connectivity index (χ0) is 15.2. The van der Waals surface area contributed by atoms with E-state index < -0.39 is 0 Å².